The van der Waals surface area contributed by atoms with Crippen molar-refractivity contribution in [3.63, 3.8) is 0 Å². The molecule has 0 bridgehead atoms. The zero-order valence-corrected chi connectivity index (χ0v) is 20.2. The van der Waals surface area contributed by atoms with Crippen LogP contribution in [-0.2, 0) is 17.9 Å². The number of aromatic amines is 1. The fourth-order valence-corrected chi connectivity index (χ4v) is 3.80. The standard InChI is InChI=1S/C27H24N4.C2HF3O2/c28-24-8-3-5-20(15-24)18-29-17-19-11-13-21(14-12-19)22-6-4-7-23(16-22)27-30-25-9-1-2-10-26(25)31-27;3-2(4,5)1(6)7/h1-16,29H,17-18,28H2,(H,30,31);(H,6,7). The number of imidazole rings is 1. The van der Waals surface area contributed by atoms with Crippen LogP contribution in [0.5, 0.6) is 0 Å². The van der Waals surface area contributed by atoms with Crippen molar-refractivity contribution in [3.8, 4) is 22.5 Å². The summed E-state index contributed by atoms with van der Waals surface area (Å²) < 4.78 is 31.7. The van der Waals surface area contributed by atoms with Crippen LogP contribution in [0.25, 0.3) is 33.5 Å². The Bertz CT molecular complexity index is 1500. The largest absolute Gasteiger partial charge is 0.490 e. The Morgan fingerprint density at radius 1 is 0.816 bits per heavy atom. The van der Waals surface area contributed by atoms with Crippen LogP contribution in [0.3, 0.4) is 0 Å². The fraction of sp³-hybridized carbons (Fsp3) is 0.103. The van der Waals surface area contributed by atoms with Crippen LogP contribution in [0.2, 0.25) is 0 Å². The van der Waals surface area contributed by atoms with Crippen LogP contribution in [0.4, 0.5) is 18.9 Å². The number of benzene rings is 4. The van der Waals surface area contributed by atoms with E-state index in [1.807, 2.05) is 36.4 Å². The van der Waals surface area contributed by atoms with Crippen LogP contribution < -0.4 is 11.1 Å². The molecule has 0 saturated carbocycles. The van der Waals surface area contributed by atoms with E-state index in [-0.39, 0.29) is 0 Å². The lowest BCUT2D eigenvalue weighted by molar-refractivity contribution is -0.192. The van der Waals surface area contributed by atoms with Crippen molar-refractivity contribution >= 4 is 22.7 Å². The molecule has 0 radical (unpaired) electrons. The van der Waals surface area contributed by atoms with Crippen molar-refractivity contribution in [2.24, 2.45) is 0 Å². The Kier molecular flexibility index (Phi) is 8.08. The number of carbonyl (C=O) groups is 1. The van der Waals surface area contributed by atoms with Gasteiger partial charge in [-0.3, -0.25) is 0 Å². The van der Waals surface area contributed by atoms with Crippen LogP contribution in [0.1, 0.15) is 11.1 Å². The lowest BCUT2D eigenvalue weighted by atomic mass is 10.0. The summed E-state index contributed by atoms with van der Waals surface area (Å²) in [7, 11) is 0. The molecule has 0 aliphatic carbocycles. The third-order valence-corrected chi connectivity index (χ3v) is 5.66. The number of carboxylic acid groups (broad SMARTS) is 1. The fourth-order valence-electron chi connectivity index (χ4n) is 3.80. The lowest BCUT2D eigenvalue weighted by Crippen LogP contribution is -2.21. The van der Waals surface area contributed by atoms with E-state index >= 15 is 0 Å². The minimum Gasteiger partial charge on any atom is -0.475 e. The molecule has 1 aromatic heterocycles. The summed E-state index contributed by atoms with van der Waals surface area (Å²) >= 11 is 0. The monoisotopic (exact) mass is 518 g/mol. The number of rotatable bonds is 6. The van der Waals surface area contributed by atoms with Gasteiger partial charge in [0.25, 0.3) is 0 Å². The van der Waals surface area contributed by atoms with Gasteiger partial charge in [-0.05, 0) is 52.6 Å². The topological polar surface area (TPSA) is 104 Å². The molecule has 0 saturated heterocycles. The average molecular weight is 519 g/mol. The number of nitrogens with two attached hydrogens (primary N) is 1. The summed E-state index contributed by atoms with van der Waals surface area (Å²) in [6.07, 6.45) is -5.08. The molecule has 0 amide bonds. The summed E-state index contributed by atoms with van der Waals surface area (Å²) in [5, 5.41) is 10.6. The number of hydrogen-bond acceptors (Lipinski definition) is 4. The molecule has 0 fully saturated rings. The Labute approximate surface area is 217 Å². The molecule has 5 aromatic rings. The molecule has 5 rings (SSSR count). The minimum absolute atomic E-state index is 0.798. The van der Waals surface area contributed by atoms with Gasteiger partial charge in [-0.2, -0.15) is 13.2 Å². The van der Waals surface area contributed by atoms with Crippen LogP contribution in [-0.4, -0.2) is 27.2 Å². The quantitative estimate of drug-likeness (QED) is 0.195. The highest BCUT2D eigenvalue weighted by molar-refractivity contribution is 5.80. The van der Waals surface area contributed by atoms with Crippen molar-refractivity contribution in [1.82, 2.24) is 15.3 Å². The number of alkyl halides is 3. The molecule has 0 spiro atoms. The molecular weight excluding hydrogens is 493 g/mol. The first-order valence-electron chi connectivity index (χ1n) is 11.7. The number of hydrogen-bond donors (Lipinski definition) is 4. The highest BCUT2D eigenvalue weighted by Gasteiger charge is 2.38. The van der Waals surface area contributed by atoms with Gasteiger partial charge in [0, 0.05) is 24.3 Å². The average Bonchev–Trinajstić information content (AvgIpc) is 3.34. The Morgan fingerprint density at radius 2 is 1.47 bits per heavy atom. The number of halogens is 3. The molecule has 194 valence electrons. The summed E-state index contributed by atoms with van der Waals surface area (Å²) in [5.41, 5.74) is 14.6. The molecule has 9 heteroatoms. The van der Waals surface area contributed by atoms with Gasteiger partial charge in [0.15, 0.2) is 0 Å². The van der Waals surface area contributed by atoms with Gasteiger partial charge in [0.1, 0.15) is 5.82 Å². The Morgan fingerprint density at radius 3 is 2.16 bits per heavy atom. The lowest BCUT2D eigenvalue weighted by Gasteiger charge is -2.08. The summed E-state index contributed by atoms with van der Waals surface area (Å²) in [5.74, 6) is -1.86. The van der Waals surface area contributed by atoms with Crippen LogP contribution >= 0.6 is 0 Å². The molecule has 0 aliphatic heterocycles. The van der Waals surface area contributed by atoms with E-state index in [0.29, 0.717) is 0 Å². The number of anilines is 1. The minimum atomic E-state index is -5.08. The zero-order chi connectivity index (χ0) is 27.1. The molecule has 5 N–H and O–H groups in total. The second kappa shape index (κ2) is 11.6. The maximum absolute atomic E-state index is 10.6. The maximum atomic E-state index is 10.6. The maximum Gasteiger partial charge on any atom is 0.490 e. The second-order valence-corrected chi connectivity index (χ2v) is 8.53. The molecule has 0 unspecified atom stereocenters. The number of carboxylic acids is 1. The van der Waals surface area contributed by atoms with Crippen molar-refractivity contribution in [2.75, 3.05) is 5.73 Å². The predicted molar refractivity (Wildman–Crippen MR) is 142 cm³/mol. The summed E-state index contributed by atoms with van der Waals surface area (Å²) in [6.45, 7) is 1.61. The van der Waals surface area contributed by atoms with Crippen molar-refractivity contribution in [1.29, 1.82) is 0 Å². The smallest absolute Gasteiger partial charge is 0.475 e. The van der Waals surface area contributed by atoms with Gasteiger partial charge < -0.3 is 21.1 Å². The first kappa shape index (κ1) is 26.4. The summed E-state index contributed by atoms with van der Waals surface area (Å²) in [4.78, 5) is 17.0. The normalized spacial score (nSPS) is 11.1. The van der Waals surface area contributed by atoms with E-state index in [1.54, 1.807) is 0 Å². The SMILES string of the molecule is Nc1cccc(CNCc2ccc(-c3cccc(-c4nc5ccccc5[nH]4)c3)cc2)c1.O=C(O)C(F)(F)F. The Hall–Kier alpha value is -4.63. The number of nitrogens with zero attached hydrogens (tertiary/aromatic N) is 1. The van der Waals surface area contributed by atoms with Gasteiger partial charge in [0.05, 0.1) is 11.0 Å². The van der Waals surface area contributed by atoms with Crippen LogP contribution in [0, 0.1) is 0 Å². The number of H-pyrrole nitrogens is 1. The number of para-hydroxylation sites is 2. The molecule has 0 aliphatic rings. The highest BCUT2D eigenvalue weighted by Crippen LogP contribution is 2.26. The highest BCUT2D eigenvalue weighted by atomic mass is 19.4. The molecule has 4 aromatic carbocycles. The van der Waals surface area contributed by atoms with E-state index in [1.165, 1.54) is 22.3 Å². The Balaban J connectivity index is 0.000000426. The van der Waals surface area contributed by atoms with E-state index < -0.39 is 12.1 Å². The van der Waals surface area contributed by atoms with E-state index in [2.05, 4.69) is 71.0 Å². The van der Waals surface area contributed by atoms with Gasteiger partial charge in [0.2, 0.25) is 0 Å². The third kappa shape index (κ3) is 6.98. The summed E-state index contributed by atoms with van der Waals surface area (Å²) in [6, 6.07) is 33.3. The molecule has 0 atom stereocenters. The van der Waals surface area contributed by atoms with Gasteiger partial charge in [-0.1, -0.05) is 66.7 Å². The number of aromatic nitrogens is 2. The number of nitrogens with one attached hydrogen (secondary N) is 2. The van der Waals surface area contributed by atoms with Gasteiger partial charge in [-0.25, -0.2) is 9.78 Å². The van der Waals surface area contributed by atoms with E-state index in [4.69, 9.17) is 20.6 Å². The first-order chi connectivity index (χ1) is 18.2. The van der Waals surface area contributed by atoms with Crippen molar-refractivity contribution < 1.29 is 23.1 Å². The zero-order valence-electron chi connectivity index (χ0n) is 20.2. The van der Waals surface area contributed by atoms with E-state index in [9.17, 15) is 13.2 Å². The number of aliphatic carboxylic acids is 1. The third-order valence-electron chi connectivity index (χ3n) is 5.66. The molecule has 38 heavy (non-hydrogen) atoms. The van der Waals surface area contributed by atoms with Crippen molar-refractivity contribution in [3.05, 3.63) is 108 Å². The molecule has 6 nitrogen and oxygen atoms in total. The second-order valence-electron chi connectivity index (χ2n) is 8.53. The number of fused-ring (bicyclic) bond motifs is 1. The molecular formula is C29H25F3N4O2. The van der Waals surface area contributed by atoms with Gasteiger partial charge >= 0.3 is 12.1 Å². The van der Waals surface area contributed by atoms with E-state index in [0.717, 1.165) is 41.2 Å². The van der Waals surface area contributed by atoms with Crippen molar-refractivity contribution in [2.45, 2.75) is 19.3 Å². The first-order valence-corrected chi connectivity index (χ1v) is 11.7. The predicted octanol–water partition coefficient (Wildman–Crippen LogP) is 6.40. The number of nitrogen functional groups attached to an aromatic ring is 1. The van der Waals surface area contributed by atoms with Crippen LogP contribution in [0.15, 0.2) is 97.1 Å². The molecule has 1 heterocycles. The van der Waals surface area contributed by atoms with Gasteiger partial charge in [-0.15, -0.1) is 0 Å².